The molecule has 0 aromatic heterocycles. The second-order valence-corrected chi connectivity index (χ2v) is 4.64. The second-order valence-electron chi connectivity index (χ2n) is 3.99. The lowest BCUT2D eigenvalue weighted by atomic mass is 10.0. The molecule has 2 aromatic carbocycles. The summed E-state index contributed by atoms with van der Waals surface area (Å²) in [5, 5.41) is 17.5. The fourth-order valence-corrected chi connectivity index (χ4v) is 1.68. The zero-order chi connectivity index (χ0) is 16.4. The summed E-state index contributed by atoms with van der Waals surface area (Å²) < 4.78 is 21.9. The first kappa shape index (κ1) is 18.1. The molecule has 0 aliphatic rings. The summed E-state index contributed by atoms with van der Waals surface area (Å²) >= 11 is -2.57. The third kappa shape index (κ3) is 6.25. The first-order valence-electron chi connectivity index (χ1n) is 6.22. The molecule has 2 aromatic rings. The summed E-state index contributed by atoms with van der Waals surface area (Å²) in [5.74, 6) is -0.271. The molecule has 6 nitrogen and oxygen atoms in total. The van der Waals surface area contributed by atoms with Crippen LogP contribution in [0.25, 0.3) is 0 Å². The van der Waals surface area contributed by atoms with E-state index in [0.717, 1.165) is 0 Å². The summed E-state index contributed by atoms with van der Waals surface area (Å²) in [6.07, 6.45) is -1.08. The van der Waals surface area contributed by atoms with E-state index in [0.29, 0.717) is 11.1 Å². The van der Waals surface area contributed by atoms with Crippen molar-refractivity contribution in [2.75, 3.05) is 6.79 Å². The van der Waals surface area contributed by atoms with Gasteiger partial charge in [0.15, 0.2) is 12.6 Å². The number of ketones is 1. The van der Waals surface area contributed by atoms with Gasteiger partial charge in [-0.1, -0.05) is 60.7 Å². The number of carbonyl (C=O) groups is 1. The average Bonchev–Trinajstić information content (AvgIpc) is 2.55. The van der Waals surface area contributed by atoms with Gasteiger partial charge in [-0.2, -0.15) is 0 Å². The topological polar surface area (TPSA) is 107 Å². The molecule has 0 bridgehead atoms. The largest absolute Gasteiger partial charge is 0.750 e. The summed E-state index contributed by atoms with van der Waals surface area (Å²) in [6, 6.07) is 17.7. The second kappa shape index (κ2) is 9.93. The van der Waals surface area contributed by atoms with Gasteiger partial charge in [0.2, 0.25) is 0 Å². The van der Waals surface area contributed by atoms with E-state index in [2.05, 4.69) is 4.18 Å². The van der Waals surface area contributed by atoms with Crippen LogP contribution in [0.1, 0.15) is 22.0 Å². The maximum Gasteiger partial charge on any atom is 0.195 e. The van der Waals surface area contributed by atoms with Gasteiger partial charge in [-0.25, -0.2) is 4.21 Å². The Morgan fingerprint density at radius 1 is 1.09 bits per heavy atom. The van der Waals surface area contributed by atoms with Crippen LogP contribution in [0, 0.1) is 0 Å². The number of hydrogen-bond donors (Lipinski definition) is 2. The van der Waals surface area contributed by atoms with Crippen LogP contribution in [0.3, 0.4) is 0 Å². The first-order chi connectivity index (χ1) is 10.6. The van der Waals surface area contributed by atoms with E-state index in [4.69, 9.17) is 5.11 Å². The molecule has 0 aliphatic carbocycles. The van der Waals surface area contributed by atoms with E-state index < -0.39 is 24.3 Å². The minimum Gasteiger partial charge on any atom is -0.750 e. The Labute approximate surface area is 130 Å². The molecule has 2 unspecified atom stereocenters. The van der Waals surface area contributed by atoms with Crippen LogP contribution in [0.15, 0.2) is 60.7 Å². The van der Waals surface area contributed by atoms with Gasteiger partial charge in [-0.15, -0.1) is 0 Å². The van der Waals surface area contributed by atoms with Crippen LogP contribution in [-0.2, 0) is 15.5 Å². The average molecular weight is 323 g/mol. The first-order valence-corrected chi connectivity index (χ1v) is 7.22. The van der Waals surface area contributed by atoms with Crippen molar-refractivity contribution in [3.63, 3.8) is 0 Å². The molecule has 0 radical (unpaired) electrons. The summed E-state index contributed by atoms with van der Waals surface area (Å²) in [7, 11) is 0. The smallest absolute Gasteiger partial charge is 0.195 e. The lowest BCUT2D eigenvalue weighted by molar-refractivity contribution is 0.0747. The van der Waals surface area contributed by atoms with Gasteiger partial charge >= 0.3 is 0 Å². The molecule has 0 saturated carbocycles. The van der Waals surface area contributed by atoms with Gasteiger partial charge in [0.05, 0.1) is 11.4 Å². The molecular formula is C15H15O6S-. The fraction of sp³-hybridized carbons (Fsp3) is 0.133. The predicted molar refractivity (Wildman–Crippen MR) is 79.3 cm³/mol. The normalized spacial score (nSPS) is 12.7. The zero-order valence-electron chi connectivity index (χ0n) is 11.5. The Morgan fingerprint density at radius 3 is 2.00 bits per heavy atom. The number of Topliss-reactive ketones (excluding diaryl/α,β-unsaturated/α-hetero) is 1. The van der Waals surface area contributed by atoms with Crippen molar-refractivity contribution in [2.24, 2.45) is 0 Å². The molecule has 7 heteroatoms. The van der Waals surface area contributed by atoms with E-state index in [1.54, 1.807) is 48.5 Å². The van der Waals surface area contributed by atoms with Crippen LogP contribution in [0.2, 0.25) is 0 Å². The number of rotatable bonds is 5. The van der Waals surface area contributed by atoms with E-state index in [9.17, 15) is 18.7 Å². The highest BCUT2D eigenvalue weighted by Gasteiger charge is 2.18. The molecule has 0 heterocycles. The molecule has 0 aliphatic heterocycles. The SMILES string of the molecule is O=C(c1ccccc1)C(O)c1ccccc1.O=S([O-])OCO. The molecule has 0 spiro atoms. The van der Waals surface area contributed by atoms with Gasteiger partial charge in [-0.05, 0) is 5.56 Å². The number of aliphatic hydroxyl groups excluding tert-OH is 2. The van der Waals surface area contributed by atoms with Crippen molar-refractivity contribution in [3.05, 3.63) is 71.8 Å². The zero-order valence-corrected chi connectivity index (χ0v) is 12.3. The standard InChI is InChI=1S/C14H12O2.CH4O4S/c15-13(11-7-3-1-4-8-11)14(16)12-9-5-2-6-10-12;2-1-5-6(3)4/h1-10,13,15H;2H,1H2,(H,3,4)/p-1. The van der Waals surface area contributed by atoms with E-state index in [-0.39, 0.29) is 5.78 Å². The minimum atomic E-state index is -2.57. The molecule has 0 amide bonds. The maximum atomic E-state index is 11.9. The van der Waals surface area contributed by atoms with Crippen molar-refractivity contribution >= 4 is 17.1 Å². The number of benzene rings is 2. The van der Waals surface area contributed by atoms with Crippen LogP contribution in [0.5, 0.6) is 0 Å². The van der Waals surface area contributed by atoms with Gasteiger partial charge in [-0.3, -0.25) is 8.98 Å². The van der Waals surface area contributed by atoms with Crippen LogP contribution >= 0.6 is 0 Å². The predicted octanol–water partition coefficient (Wildman–Crippen LogP) is 1.35. The van der Waals surface area contributed by atoms with Gasteiger partial charge in [0.1, 0.15) is 6.10 Å². The Hall–Kier alpha value is -1.90. The van der Waals surface area contributed by atoms with Crippen molar-refractivity contribution in [1.82, 2.24) is 0 Å². The monoisotopic (exact) mass is 323 g/mol. The fourth-order valence-electron chi connectivity index (χ4n) is 1.59. The van der Waals surface area contributed by atoms with Crippen molar-refractivity contribution in [1.29, 1.82) is 0 Å². The summed E-state index contributed by atoms with van der Waals surface area (Å²) in [5.41, 5.74) is 1.15. The Bertz CT molecular complexity index is 587. The van der Waals surface area contributed by atoms with Gasteiger partial charge in [0.25, 0.3) is 0 Å². The number of hydrogen-bond acceptors (Lipinski definition) is 6. The minimum absolute atomic E-state index is 0.271. The Morgan fingerprint density at radius 2 is 1.59 bits per heavy atom. The molecule has 2 rings (SSSR count). The lowest BCUT2D eigenvalue weighted by Gasteiger charge is -2.09. The highest BCUT2D eigenvalue weighted by Crippen LogP contribution is 2.17. The molecule has 2 atom stereocenters. The number of carbonyl (C=O) groups excluding carboxylic acids is 1. The Kier molecular flexibility index (Phi) is 8.19. The quantitative estimate of drug-likeness (QED) is 0.488. The third-order valence-corrected chi connectivity index (χ3v) is 2.87. The van der Waals surface area contributed by atoms with Crippen molar-refractivity contribution < 1.29 is 28.0 Å². The van der Waals surface area contributed by atoms with Crippen molar-refractivity contribution in [3.8, 4) is 0 Å². The highest BCUT2D eigenvalue weighted by atomic mass is 32.2. The van der Waals surface area contributed by atoms with Crippen LogP contribution in [0.4, 0.5) is 0 Å². The number of aliphatic hydroxyl groups is 2. The van der Waals surface area contributed by atoms with Gasteiger partial charge in [0, 0.05) is 5.56 Å². The van der Waals surface area contributed by atoms with Crippen LogP contribution < -0.4 is 0 Å². The lowest BCUT2D eigenvalue weighted by Crippen LogP contribution is -2.11. The highest BCUT2D eigenvalue weighted by molar-refractivity contribution is 7.74. The maximum absolute atomic E-state index is 11.9. The van der Waals surface area contributed by atoms with Crippen molar-refractivity contribution in [2.45, 2.75) is 6.10 Å². The van der Waals surface area contributed by atoms with E-state index in [1.807, 2.05) is 12.1 Å². The molecule has 0 fully saturated rings. The molecule has 22 heavy (non-hydrogen) atoms. The van der Waals surface area contributed by atoms with E-state index >= 15 is 0 Å². The van der Waals surface area contributed by atoms with Gasteiger partial charge < -0.3 is 14.8 Å². The Balaban J connectivity index is 0.000000346. The summed E-state index contributed by atoms with van der Waals surface area (Å²) in [6.45, 7) is -0.782. The molecule has 2 N–H and O–H groups in total. The summed E-state index contributed by atoms with van der Waals surface area (Å²) in [4.78, 5) is 11.9. The molecule has 0 saturated heterocycles. The van der Waals surface area contributed by atoms with Crippen LogP contribution in [-0.4, -0.2) is 31.6 Å². The van der Waals surface area contributed by atoms with E-state index in [1.165, 1.54) is 0 Å². The third-order valence-electron chi connectivity index (χ3n) is 2.57. The molecule has 118 valence electrons. The molecular weight excluding hydrogens is 308 g/mol.